The van der Waals surface area contributed by atoms with Crippen LogP contribution in [0.1, 0.15) is 37.8 Å². The van der Waals surface area contributed by atoms with Crippen LogP contribution >= 0.6 is 0 Å². The van der Waals surface area contributed by atoms with Gasteiger partial charge in [0.05, 0.1) is 5.75 Å². The van der Waals surface area contributed by atoms with Crippen molar-refractivity contribution < 1.29 is 8.42 Å². The maximum absolute atomic E-state index is 12.2. The fraction of sp³-hybridized carbons (Fsp3) is 0.647. The van der Waals surface area contributed by atoms with E-state index in [0.717, 1.165) is 37.1 Å². The number of piperidine rings is 1. The lowest BCUT2D eigenvalue weighted by Gasteiger charge is -2.34. The molecule has 1 fully saturated rings. The van der Waals surface area contributed by atoms with Gasteiger partial charge in [-0.3, -0.25) is 0 Å². The minimum absolute atomic E-state index is 0.0690. The predicted molar refractivity (Wildman–Crippen MR) is 91.2 cm³/mol. The van der Waals surface area contributed by atoms with Gasteiger partial charge in [0.1, 0.15) is 0 Å². The van der Waals surface area contributed by atoms with Gasteiger partial charge in [0.15, 0.2) is 0 Å². The molecule has 0 unspecified atom stereocenters. The first-order valence-corrected chi connectivity index (χ1v) is 9.78. The van der Waals surface area contributed by atoms with E-state index in [2.05, 4.69) is 23.5 Å². The van der Waals surface area contributed by atoms with Crippen molar-refractivity contribution in [3.63, 3.8) is 0 Å². The zero-order chi connectivity index (χ0) is 16.2. The van der Waals surface area contributed by atoms with Crippen LogP contribution in [0.4, 0.5) is 0 Å². The standard InChI is InChI=1S/C17H28N2O2S/c1-14(2)19-9-7-16(8-10-19)12-18-22(20,21)13-17-6-4-5-15(3)11-17/h4-6,11,14,16,18H,7-10,12-13H2,1-3H3. The van der Waals surface area contributed by atoms with Crippen LogP contribution in [-0.2, 0) is 15.8 Å². The van der Waals surface area contributed by atoms with Crippen molar-refractivity contribution >= 4 is 10.0 Å². The number of nitrogens with one attached hydrogen (secondary N) is 1. The fourth-order valence-corrected chi connectivity index (χ4v) is 4.20. The van der Waals surface area contributed by atoms with Crippen LogP contribution in [0.15, 0.2) is 24.3 Å². The van der Waals surface area contributed by atoms with Crippen LogP contribution in [0.5, 0.6) is 0 Å². The summed E-state index contributed by atoms with van der Waals surface area (Å²) in [6, 6.07) is 8.26. The molecule has 0 saturated carbocycles. The molecule has 1 aromatic carbocycles. The van der Waals surface area contributed by atoms with Crippen molar-refractivity contribution in [1.82, 2.24) is 9.62 Å². The zero-order valence-corrected chi connectivity index (χ0v) is 14.7. The minimum Gasteiger partial charge on any atom is -0.301 e. The van der Waals surface area contributed by atoms with E-state index in [4.69, 9.17) is 0 Å². The molecule has 0 amide bonds. The number of benzene rings is 1. The molecule has 1 aliphatic heterocycles. The number of aryl methyl sites for hydroxylation is 1. The summed E-state index contributed by atoms with van der Waals surface area (Å²) in [4.78, 5) is 2.46. The van der Waals surface area contributed by atoms with Gasteiger partial charge in [-0.25, -0.2) is 13.1 Å². The van der Waals surface area contributed by atoms with Crippen LogP contribution < -0.4 is 4.72 Å². The number of sulfonamides is 1. The Kier molecular flexibility index (Phi) is 6.01. The summed E-state index contributed by atoms with van der Waals surface area (Å²) in [6.07, 6.45) is 2.15. The van der Waals surface area contributed by atoms with Gasteiger partial charge in [0.25, 0.3) is 0 Å². The van der Waals surface area contributed by atoms with Gasteiger partial charge in [0.2, 0.25) is 10.0 Å². The highest BCUT2D eigenvalue weighted by Crippen LogP contribution is 2.18. The summed E-state index contributed by atoms with van der Waals surface area (Å²) < 4.78 is 27.2. The Morgan fingerprint density at radius 1 is 1.27 bits per heavy atom. The molecule has 2 rings (SSSR count). The predicted octanol–water partition coefficient (Wildman–Crippen LogP) is 2.53. The van der Waals surface area contributed by atoms with Crippen molar-refractivity contribution in [2.75, 3.05) is 19.6 Å². The number of nitrogens with zero attached hydrogens (tertiary/aromatic N) is 1. The van der Waals surface area contributed by atoms with Crippen LogP contribution in [-0.4, -0.2) is 39.0 Å². The molecule has 1 aliphatic rings. The number of likely N-dealkylation sites (tertiary alicyclic amines) is 1. The van der Waals surface area contributed by atoms with Crippen LogP contribution in [0.3, 0.4) is 0 Å². The average Bonchev–Trinajstić information content (AvgIpc) is 2.45. The first kappa shape index (κ1) is 17.4. The normalized spacial score (nSPS) is 18.0. The van der Waals surface area contributed by atoms with E-state index in [0.29, 0.717) is 18.5 Å². The summed E-state index contributed by atoms with van der Waals surface area (Å²) >= 11 is 0. The Balaban J connectivity index is 1.81. The monoisotopic (exact) mass is 324 g/mol. The second-order valence-electron chi connectivity index (χ2n) is 6.67. The van der Waals surface area contributed by atoms with Crippen molar-refractivity contribution in [3.05, 3.63) is 35.4 Å². The molecule has 0 aliphatic carbocycles. The highest BCUT2D eigenvalue weighted by Gasteiger charge is 2.22. The van der Waals surface area contributed by atoms with Gasteiger partial charge in [0, 0.05) is 12.6 Å². The SMILES string of the molecule is Cc1cccc(CS(=O)(=O)NCC2CCN(C(C)C)CC2)c1. The molecule has 124 valence electrons. The third-order valence-electron chi connectivity index (χ3n) is 4.41. The van der Waals surface area contributed by atoms with Gasteiger partial charge in [-0.15, -0.1) is 0 Å². The quantitative estimate of drug-likeness (QED) is 0.875. The van der Waals surface area contributed by atoms with Crippen molar-refractivity contribution in [3.8, 4) is 0 Å². The highest BCUT2D eigenvalue weighted by molar-refractivity contribution is 7.88. The molecule has 1 heterocycles. The molecule has 0 bridgehead atoms. The Labute approximate surface area is 135 Å². The number of hydrogen-bond donors (Lipinski definition) is 1. The smallest absolute Gasteiger partial charge is 0.215 e. The fourth-order valence-electron chi connectivity index (χ4n) is 2.99. The van der Waals surface area contributed by atoms with Crippen LogP contribution in [0.25, 0.3) is 0 Å². The Hall–Kier alpha value is -0.910. The highest BCUT2D eigenvalue weighted by atomic mass is 32.2. The van der Waals surface area contributed by atoms with Gasteiger partial charge < -0.3 is 4.90 Å². The van der Waals surface area contributed by atoms with Crippen LogP contribution in [0.2, 0.25) is 0 Å². The van der Waals surface area contributed by atoms with E-state index in [-0.39, 0.29) is 5.75 Å². The molecule has 5 heteroatoms. The Bertz CT molecular complexity index is 576. The van der Waals surface area contributed by atoms with Crippen molar-refractivity contribution in [2.24, 2.45) is 5.92 Å². The first-order valence-electron chi connectivity index (χ1n) is 8.12. The molecule has 0 aromatic heterocycles. The van der Waals surface area contributed by atoms with E-state index in [9.17, 15) is 8.42 Å². The Morgan fingerprint density at radius 2 is 1.95 bits per heavy atom. The molecule has 22 heavy (non-hydrogen) atoms. The van der Waals surface area contributed by atoms with Crippen molar-refractivity contribution in [1.29, 1.82) is 0 Å². The zero-order valence-electron chi connectivity index (χ0n) is 13.9. The lowest BCUT2D eigenvalue weighted by Crippen LogP contribution is -2.41. The molecular formula is C17H28N2O2S. The maximum atomic E-state index is 12.2. The molecule has 1 saturated heterocycles. The van der Waals surface area contributed by atoms with Crippen LogP contribution in [0, 0.1) is 12.8 Å². The Morgan fingerprint density at radius 3 is 2.55 bits per heavy atom. The molecule has 4 nitrogen and oxygen atoms in total. The molecule has 1 N–H and O–H groups in total. The summed E-state index contributed by atoms with van der Waals surface area (Å²) in [6.45, 7) is 9.12. The van der Waals surface area contributed by atoms with E-state index in [1.54, 1.807) is 0 Å². The number of rotatable bonds is 6. The summed E-state index contributed by atoms with van der Waals surface area (Å²) in [5.74, 6) is 0.529. The topological polar surface area (TPSA) is 49.4 Å². The maximum Gasteiger partial charge on any atom is 0.215 e. The second kappa shape index (κ2) is 7.57. The summed E-state index contributed by atoms with van der Waals surface area (Å²) in [7, 11) is -3.24. The van der Waals surface area contributed by atoms with E-state index < -0.39 is 10.0 Å². The third kappa shape index (κ3) is 5.38. The molecular weight excluding hydrogens is 296 g/mol. The lowest BCUT2D eigenvalue weighted by atomic mass is 9.96. The molecule has 0 atom stereocenters. The number of hydrogen-bond acceptors (Lipinski definition) is 3. The van der Waals surface area contributed by atoms with E-state index in [1.165, 1.54) is 0 Å². The van der Waals surface area contributed by atoms with E-state index in [1.807, 2.05) is 31.2 Å². The van der Waals surface area contributed by atoms with Gasteiger partial charge in [-0.05, 0) is 58.2 Å². The van der Waals surface area contributed by atoms with Gasteiger partial charge in [-0.2, -0.15) is 0 Å². The summed E-state index contributed by atoms with van der Waals surface area (Å²) in [5.41, 5.74) is 1.94. The minimum atomic E-state index is -3.24. The van der Waals surface area contributed by atoms with Crippen molar-refractivity contribution in [2.45, 2.75) is 45.4 Å². The van der Waals surface area contributed by atoms with E-state index >= 15 is 0 Å². The first-order chi connectivity index (χ1) is 10.4. The summed E-state index contributed by atoms with van der Waals surface area (Å²) in [5, 5.41) is 0. The third-order valence-corrected chi connectivity index (χ3v) is 5.73. The second-order valence-corrected chi connectivity index (χ2v) is 8.48. The average molecular weight is 324 g/mol. The molecule has 0 radical (unpaired) electrons. The molecule has 1 aromatic rings. The van der Waals surface area contributed by atoms with Gasteiger partial charge >= 0.3 is 0 Å². The molecule has 0 spiro atoms. The van der Waals surface area contributed by atoms with Gasteiger partial charge in [-0.1, -0.05) is 29.8 Å². The lowest BCUT2D eigenvalue weighted by molar-refractivity contribution is 0.150. The largest absolute Gasteiger partial charge is 0.301 e.